The lowest BCUT2D eigenvalue weighted by atomic mass is 10.2. The molecule has 0 bridgehead atoms. The van der Waals surface area contributed by atoms with Crippen molar-refractivity contribution < 1.29 is 9.84 Å². The summed E-state index contributed by atoms with van der Waals surface area (Å²) >= 11 is 5.27. The summed E-state index contributed by atoms with van der Waals surface area (Å²) in [6.07, 6.45) is 0. The first-order valence-corrected chi connectivity index (χ1v) is 6.63. The highest BCUT2D eigenvalue weighted by Crippen LogP contribution is 2.25. The van der Waals surface area contributed by atoms with Crippen molar-refractivity contribution in [3.63, 3.8) is 0 Å². The average molecular weight is 292 g/mol. The van der Waals surface area contributed by atoms with Gasteiger partial charge >= 0.3 is 0 Å². The van der Waals surface area contributed by atoms with Gasteiger partial charge in [-0.05, 0) is 27.4 Å². The lowest BCUT2D eigenvalue weighted by Gasteiger charge is -2.34. The number of thiophene rings is 1. The van der Waals surface area contributed by atoms with Gasteiger partial charge in [0, 0.05) is 22.4 Å². The summed E-state index contributed by atoms with van der Waals surface area (Å²) in [5.74, 6) is 0. The second kappa shape index (κ2) is 5.41. The molecule has 2 heterocycles. The van der Waals surface area contributed by atoms with Crippen LogP contribution in [0.2, 0.25) is 0 Å². The molecule has 1 aliphatic heterocycles. The maximum absolute atomic E-state index is 9.23. The van der Waals surface area contributed by atoms with Crippen molar-refractivity contribution in [2.75, 3.05) is 26.4 Å². The number of hydrogen-bond donors (Lipinski definition) is 1. The molecule has 1 aromatic heterocycles. The molecule has 84 valence electrons. The Morgan fingerprint density at radius 1 is 1.67 bits per heavy atom. The fraction of sp³-hybridized carbons (Fsp3) is 0.600. The summed E-state index contributed by atoms with van der Waals surface area (Å²) in [5, 5.41) is 11.3. The van der Waals surface area contributed by atoms with Crippen LogP contribution in [0.4, 0.5) is 0 Å². The molecule has 1 atom stereocenters. The predicted molar refractivity (Wildman–Crippen MR) is 64.1 cm³/mol. The van der Waals surface area contributed by atoms with E-state index in [0.717, 1.165) is 24.2 Å². The largest absolute Gasteiger partial charge is 0.395 e. The standard InChI is InChI=1S/C10H14BrNO2S/c11-9-1-4-15-10(9)5-12-2-3-14-7-8(12)6-13/h1,4,8,13H,2-3,5-7H2. The highest BCUT2D eigenvalue weighted by Gasteiger charge is 2.22. The quantitative estimate of drug-likeness (QED) is 0.920. The maximum Gasteiger partial charge on any atom is 0.0645 e. The van der Waals surface area contributed by atoms with E-state index in [2.05, 4.69) is 32.3 Å². The Morgan fingerprint density at radius 2 is 2.53 bits per heavy atom. The summed E-state index contributed by atoms with van der Waals surface area (Å²) in [4.78, 5) is 3.59. The molecule has 0 amide bonds. The Morgan fingerprint density at radius 3 is 3.20 bits per heavy atom. The minimum atomic E-state index is 0.146. The summed E-state index contributed by atoms with van der Waals surface area (Å²) < 4.78 is 6.51. The van der Waals surface area contributed by atoms with Crippen LogP contribution in [-0.4, -0.2) is 42.4 Å². The summed E-state index contributed by atoms with van der Waals surface area (Å²) in [6, 6.07) is 2.21. The van der Waals surface area contributed by atoms with Gasteiger partial charge in [-0.2, -0.15) is 0 Å². The summed E-state index contributed by atoms with van der Waals surface area (Å²) in [7, 11) is 0. The predicted octanol–water partition coefficient (Wildman–Crippen LogP) is 1.70. The summed E-state index contributed by atoms with van der Waals surface area (Å²) in [5.41, 5.74) is 0. The lowest BCUT2D eigenvalue weighted by molar-refractivity contribution is -0.0309. The Kier molecular flexibility index (Phi) is 4.16. The zero-order valence-corrected chi connectivity index (χ0v) is 10.8. The molecular weight excluding hydrogens is 278 g/mol. The Hall–Kier alpha value is 0.0600. The van der Waals surface area contributed by atoms with Gasteiger partial charge in [0.25, 0.3) is 0 Å². The molecule has 0 aromatic carbocycles. The van der Waals surface area contributed by atoms with Gasteiger partial charge in [0.05, 0.1) is 25.9 Å². The van der Waals surface area contributed by atoms with E-state index >= 15 is 0 Å². The van der Waals surface area contributed by atoms with Gasteiger partial charge in [0.1, 0.15) is 0 Å². The molecule has 1 unspecified atom stereocenters. The Bertz CT molecular complexity index is 318. The van der Waals surface area contributed by atoms with Gasteiger partial charge in [-0.15, -0.1) is 11.3 Å². The fourth-order valence-electron chi connectivity index (χ4n) is 1.69. The van der Waals surface area contributed by atoms with Crippen molar-refractivity contribution >= 4 is 27.3 Å². The van der Waals surface area contributed by atoms with E-state index in [4.69, 9.17) is 4.74 Å². The van der Waals surface area contributed by atoms with Crippen LogP contribution >= 0.6 is 27.3 Å². The van der Waals surface area contributed by atoms with E-state index in [9.17, 15) is 5.11 Å². The highest BCUT2D eigenvalue weighted by atomic mass is 79.9. The van der Waals surface area contributed by atoms with Gasteiger partial charge in [-0.3, -0.25) is 4.90 Å². The minimum absolute atomic E-state index is 0.146. The number of rotatable bonds is 3. The van der Waals surface area contributed by atoms with Crippen molar-refractivity contribution in [3.05, 3.63) is 20.8 Å². The molecule has 0 radical (unpaired) electrons. The van der Waals surface area contributed by atoms with Crippen LogP contribution in [0.15, 0.2) is 15.9 Å². The average Bonchev–Trinajstić information content (AvgIpc) is 2.65. The van der Waals surface area contributed by atoms with Crippen molar-refractivity contribution in [1.82, 2.24) is 4.90 Å². The molecule has 2 rings (SSSR count). The van der Waals surface area contributed by atoms with Gasteiger partial charge in [0.15, 0.2) is 0 Å². The molecule has 1 aliphatic rings. The number of ether oxygens (including phenoxy) is 1. The van der Waals surface area contributed by atoms with Crippen molar-refractivity contribution in [2.45, 2.75) is 12.6 Å². The fourth-order valence-corrected chi connectivity index (χ4v) is 3.19. The van der Waals surface area contributed by atoms with Gasteiger partial charge in [-0.1, -0.05) is 0 Å². The van der Waals surface area contributed by atoms with Crippen LogP contribution in [0.25, 0.3) is 0 Å². The van der Waals surface area contributed by atoms with Crippen LogP contribution in [0.5, 0.6) is 0 Å². The molecule has 15 heavy (non-hydrogen) atoms. The zero-order valence-electron chi connectivity index (χ0n) is 8.36. The van der Waals surface area contributed by atoms with Crippen LogP contribution < -0.4 is 0 Å². The SMILES string of the molecule is OCC1COCCN1Cc1sccc1Br. The van der Waals surface area contributed by atoms with E-state index in [1.807, 2.05) is 0 Å². The maximum atomic E-state index is 9.23. The first-order chi connectivity index (χ1) is 7.31. The number of morpholine rings is 1. The van der Waals surface area contributed by atoms with E-state index in [-0.39, 0.29) is 12.6 Å². The molecule has 0 aliphatic carbocycles. The second-order valence-corrected chi connectivity index (χ2v) is 5.43. The highest BCUT2D eigenvalue weighted by molar-refractivity contribution is 9.10. The van der Waals surface area contributed by atoms with Crippen LogP contribution in [0.1, 0.15) is 4.88 Å². The first kappa shape index (κ1) is 11.5. The lowest BCUT2D eigenvalue weighted by Crippen LogP contribution is -2.46. The minimum Gasteiger partial charge on any atom is -0.395 e. The second-order valence-electron chi connectivity index (χ2n) is 3.57. The number of nitrogens with zero attached hydrogens (tertiary/aromatic N) is 1. The smallest absolute Gasteiger partial charge is 0.0645 e. The third kappa shape index (κ3) is 2.79. The van der Waals surface area contributed by atoms with Crippen LogP contribution in [0, 0.1) is 0 Å². The van der Waals surface area contributed by atoms with Crippen LogP contribution in [-0.2, 0) is 11.3 Å². The van der Waals surface area contributed by atoms with Crippen molar-refractivity contribution in [2.24, 2.45) is 0 Å². The molecule has 1 aromatic rings. The number of aliphatic hydroxyl groups is 1. The molecular formula is C10H14BrNO2S. The molecule has 3 nitrogen and oxygen atoms in total. The van der Waals surface area contributed by atoms with Crippen molar-refractivity contribution in [3.8, 4) is 0 Å². The third-order valence-electron chi connectivity index (χ3n) is 2.60. The van der Waals surface area contributed by atoms with Gasteiger partial charge in [-0.25, -0.2) is 0 Å². The number of aliphatic hydroxyl groups excluding tert-OH is 1. The van der Waals surface area contributed by atoms with E-state index in [1.165, 1.54) is 4.88 Å². The molecule has 1 saturated heterocycles. The third-order valence-corrected chi connectivity index (χ3v) is 4.51. The molecule has 1 fully saturated rings. The van der Waals surface area contributed by atoms with Crippen LogP contribution in [0.3, 0.4) is 0 Å². The van der Waals surface area contributed by atoms with Gasteiger partial charge < -0.3 is 9.84 Å². The van der Waals surface area contributed by atoms with E-state index < -0.39 is 0 Å². The molecule has 5 heteroatoms. The number of hydrogen-bond acceptors (Lipinski definition) is 4. The number of halogens is 1. The van der Waals surface area contributed by atoms with E-state index in [1.54, 1.807) is 11.3 Å². The normalized spacial score (nSPS) is 23.2. The van der Waals surface area contributed by atoms with Crippen molar-refractivity contribution in [1.29, 1.82) is 0 Å². The topological polar surface area (TPSA) is 32.7 Å². The molecule has 0 spiro atoms. The molecule has 0 saturated carbocycles. The Labute approximate surface area is 102 Å². The zero-order chi connectivity index (χ0) is 10.7. The summed E-state index contributed by atoms with van der Waals surface area (Å²) in [6.45, 7) is 3.37. The van der Waals surface area contributed by atoms with E-state index in [0.29, 0.717) is 6.61 Å². The molecule has 1 N–H and O–H groups in total. The first-order valence-electron chi connectivity index (χ1n) is 4.96. The van der Waals surface area contributed by atoms with Gasteiger partial charge in [0.2, 0.25) is 0 Å². The monoisotopic (exact) mass is 291 g/mol. The Balaban J connectivity index is 2.00.